The highest BCUT2D eigenvalue weighted by Crippen LogP contribution is 2.25. The number of carbonyl (C=O) groups excluding carboxylic acids is 3. The van der Waals surface area contributed by atoms with E-state index >= 15 is 0 Å². The maximum atomic E-state index is 11.7. The number of aliphatic hydroxyl groups excluding tert-OH is 2. The number of aliphatic hydroxyl groups is 2. The second-order valence-electron chi connectivity index (χ2n) is 5.63. The summed E-state index contributed by atoms with van der Waals surface area (Å²) in [6.45, 7) is 3.19. The van der Waals surface area contributed by atoms with Gasteiger partial charge >= 0.3 is 12.0 Å². The summed E-state index contributed by atoms with van der Waals surface area (Å²) >= 11 is 0. The third-order valence-corrected chi connectivity index (χ3v) is 3.59. The van der Waals surface area contributed by atoms with E-state index in [-0.39, 0.29) is 25.5 Å². The number of hydrogen-bond donors (Lipinski definition) is 3. The van der Waals surface area contributed by atoms with E-state index in [2.05, 4.69) is 5.32 Å². The van der Waals surface area contributed by atoms with Gasteiger partial charge in [0.2, 0.25) is 5.91 Å². The second kappa shape index (κ2) is 6.59. The molecular weight excluding hydrogens is 296 g/mol. The molecule has 9 nitrogen and oxygen atoms in total. The Kier molecular flexibility index (Phi) is 4.99. The Hall–Kier alpha value is -1.71. The molecule has 0 bridgehead atoms. The zero-order valence-electron chi connectivity index (χ0n) is 12.4. The molecule has 0 aromatic rings. The van der Waals surface area contributed by atoms with E-state index in [0.717, 1.165) is 4.90 Å². The van der Waals surface area contributed by atoms with Crippen molar-refractivity contribution in [1.29, 1.82) is 0 Å². The summed E-state index contributed by atoms with van der Waals surface area (Å²) in [4.78, 5) is 35.4. The lowest BCUT2D eigenvalue weighted by Gasteiger charge is -2.32. The number of urea groups is 1. The number of nitrogens with one attached hydrogen (secondary N) is 1. The predicted octanol–water partition coefficient (Wildman–Crippen LogP) is -1.43. The van der Waals surface area contributed by atoms with Crippen LogP contribution in [0.15, 0.2) is 0 Å². The molecule has 0 aromatic heterocycles. The van der Waals surface area contributed by atoms with Crippen molar-refractivity contribution < 1.29 is 34.1 Å². The van der Waals surface area contributed by atoms with Crippen LogP contribution in [0.1, 0.15) is 20.3 Å². The van der Waals surface area contributed by atoms with Crippen molar-refractivity contribution in [2.24, 2.45) is 5.92 Å². The summed E-state index contributed by atoms with van der Waals surface area (Å²) in [5, 5.41) is 22.1. The number of ether oxygens (including phenoxy) is 2. The van der Waals surface area contributed by atoms with Crippen molar-refractivity contribution in [3.8, 4) is 0 Å². The van der Waals surface area contributed by atoms with Crippen LogP contribution < -0.4 is 5.32 Å². The summed E-state index contributed by atoms with van der Waals surface area (Å²) in [6.07, 6.45) is -4.59. The quantitative estimate of drug-likeness (QED) is 0.543. The number of hydrogen-bond acceptors (Lipinski definition) is 7. The Morgan fingerprint density at radius 3 is 2.68 bits per heavy atom. The Morgan fingerprint density at radius 1 is 1.41 bits per heavy atom. The molecular formula is C13H20N2O7. The van der Waals surface area contributed by atoms with Crippen molar-refractivity contribution >= 4 is 17.9 Å². The fraction of sp³-hybridized carbons (Fsp3) is 0.769. The third-order valence-electron chi connectivity index (χ3n) is 3.59. The first kappa shape index (κ1) is 16.7. The van der Waals surface area contributed by atoms with Gasteiger partial charge in [-0.05, 0) is 0 Å². The van der Waals surface area contributed by atoms with Gasteiger partial charge in [-0.1, -0.05) is 13.8 Å². The number of esters is 1. The molecule has 0 unspecified atom stereocenters. The molecule has 0 spiro atoms. The van der Waals surface area contributed by atoms with E-state index in [9.17, 15) is 24.6 Å². The molecule has 3 amide bonds. The molecule has 0 aliphatic carbocycles. The van der Waals surface area contributed by atoms with Gasteiger partial charge in [0.1, 0.15) is 24.9 Å². The Labute approximate surface area is 127 Å². The molecule has 3 N–H and O–H groups in total. The molecule has 0 saturated carbocycles. The Bertz CT molecular complexity index is 467. The minimum Gasteiger partial charge on any atom is -0.463 e. The average Bonchev–Trinajstić information content (AvgIpc) is 2.73. The Balaban J connectivity index is 1.96. The van der Waals surface area contributed by atoms with Crippen LogP contribution in [0.5, 0.6) is 0 Å². The summed E-state index contributed by atoms with van der Waals surface area (Å²) in [6, 6.07) is -0.688. The SMILES string of the molecule is CC(C)C(=O)OC[C@H]1O[C@@H](N2CCC(=O)NC2=O)[C@H](O)[C@@H]1O. The molecule has 2 rings (SSSR count). The summed E-state index contributed by atoms with van der Waals surface area (Å²) in [5.74, 6) is -1.18. The number of amides is 3. The van der Waals surface area contributed by atoms with E-state index in [1.807, 2.05) is 0 Å². The highest BCUT2D eigenvalue weighted by Gasteiger charge is 2.48. The Morgan fingerprint density at radius 2 is 2.09 bits per heavy atom. The number of imide groups is 1. The van der Waals surface area contributed by atoms with Gasteiger partial charge in [-0.25, -0.2) is 4.79 Å². The smallest absolute Gasteiger partial charge is 0.326 e. The van der Waals surface area contributed by atoms with Crippen molar-refractivity contribution in [3.05, 3.63) is 0 Å². The van der Waals surface area contributed by atoms with Crippen LogP contribution in [0.3, 0.4) is 0 Å². The number of rotatable bonds is 4. The van der Waals surface area contributed by atoms with Gasteiger partial charge in [-0.3, -0.25) is 19.8 Å². The summed E-state index contributed by atoms with van der Waals surface area (Å²) < 4.78 is 10.4. The third kappa shape index (κ3) is 3.37. The normalized spacial score (nSPS) is 32.3. The van der Waals surface area contributed by atoms with Crippen LogP contribution in [0.2, 0.25) is 0 Å². The van der Waals surface area contributed by atoms with Crippen molar-refractivity contribution in [2.45, 2.75) is 44.8 Å². The molecule has 2 aliphatic rings. The van der Waals surface area contributed by atoms with Crippen LogP contribution in [-0.2, 0) is 19.1 Å². The molecule has 2 saturated heterocycles. The molecule has 0 radical (unpaired) electrons. The molecule has 2 fully saturated rings. The fourth-order valence-corrected chi connectivity index (χ4v) is 2.28. The largest absolute Gasteiger partial charge is 0.463 e. The molecule has 4 atom stereocenters. The van der Waals surface area contributed by atoms with Gasteiger partial charge < -0.3 is 19.7 Å². The molecule has 2 aliphatic heterocycles. The first-order chi connectivity index (χ1) is 10.3. The second-order valence-corrected chi connectivity index (χ2v) is 5.63. The van der Waals surface area contributed by atoms with Crippen molar-refractivity contribution in [3.63, 3.8) is 0 Å². The van der Waals surface area contributed by atoms with Gasteiger partial charge in [0.15, 0.2) is 6.23 Å². The maximum absolute atomic E-state index is 11.7. The highest BCUT2D eigenvalue weighted by atomic mass is 16.6. The van der Waals surface area contributed by atoms with E-state index < -0.39 is 42.4 Å². The number of carbonyl (C=O) groups is 3. The molecule has 124 valence electrons. The maximum Gasteiger partial charge on any atom is 0.326 e. The van der Waals surface area contributed by atoms with E-state index in [1.54, 1.807) is 13.8 Å². The van der Waals surface area contributed by atoms with Crippen LogP contribution in [-0.4, -0.2) is 70.7 Å². The predicted molar refractivity (Wildman–Crippen MR) is 71.3 cm³/mol. The lowest BCUT2D eigenvalue weighted by Crippen LogP contribution is -2.56. The monoisotopic (exact) mass is 316 g/mol. The minimum atomic E-state index is -1.35. The lowest BCUT2D eigenvalue weighted by atomic mass is 10.1. The van der Waals surface area contributed by atoms with Gasteiger partial charge in [0, 0.05) is 13.0 Å². The topological polar surface area (TPSA) is 125 Å². The van der Waals surface area contributed by atoms with E-state index in [1.165, 1.54) is 0 Å². The van der Waals surface area contributed by atoms with Crippen LogP contribution in [0.25, 0.3) is 0 Å². The number of nitrogens with zero attached hydrogens (tertiary/aromatic N) is 1. The zero-order valence-corrected chi connectivity index (χ0v) is 12.4. The van der Waals surface area contributed by atoms with Crippen molar-refractivity contribution in [2.75, 3.05) is 13.2 Å². The molecule has 22 heavy (non-hydrogen) atoms. The van der Waals surface area contributed by atoms with Crippen LogP contribution in [0, 0.1) is 5.92 Å². The van der Waals surface area contributed by atoms with Gasteiger partial charge in [0.25, 0.3) is 0 Å². The summed E-state index contributed by atoms with van der Waals surface area (Å²) in [7, 11) is 0. The van der Waals surface area contributed by atoms with Gasteiger partial charge in [-0.15, -0.1) is 0 Å². The lowest BCUT2D eigenvalue weighted by molar-refractivity contribution is -0.154. The highest BCUT2D eigenvalue weighted by molar-refractivity contribution is 5.96. The minimum absolute atomic E-state index is 0.0810. The molecule has 9 heteroatoms. The van der Waals surface area contributed by atoms with Crippen LogP contribution in [0.4, 0.5) is 4.79 Å². The van der Waals surface area contributed by atoms with E-state index in [0.29, 0.717) is 0 Å². The first-order valence-electron chi connectivity index (χ1n) is 7.10. The summed E-state index contributed by atoms with van der Waals surface area (Å²) in [5.41, 5.74) is 0. The van der Waals surface area contributed by atoms with Crippen LogP contribution >= 0.6 is 0 Å². The molecule has 0 aromatic carbocycles. The molecule has 2 heterocycles. The first-order valence-corrected chi connectivity index (χ1v) is 7.10. The van der Waals surface area contributed by atoms with Crippen molar-refractivity contribution in [1.82, 2.24) is 10.2 Å². The zero-order chi connectivity index (χ0) is 16.4. The van der Waals surface area contributed by atoms with Gasteiger partial charge in [-0.2, -0.15) is 0 Å². The average molecular weight is 316 g/mol. The standard InChI is InChI=1S/C13H20N2O7/c1-6(2)12(19)21-5-7-9(17)10(18)11(22-7)15-4-3-8(16)14-13(15)20/h6-7,9-11,17-18H,3-5H2,1-2H3,(H,14,16,20)/t7-,9-,10-,11-/m1/s1. The van der Waals surface area contributed by atoms with E-state index in [4.69, 9.17) is 9.47 Å². The fourth-order valence-electron chi connectivity index (χ4n) is 2.28. The van der Waals surface area contributed by atoms with Gasteiger partial charge in [0.05, 0.1) is 5.92 Å².